The normalized spacial score (nSPS) is 13.9. The fraction of sp³-hybridized carbons (Fsp3) is 0.368. The number of carbonyl (C=O) groups is 3. The van der Waals surface area contributed by atoms with Gasteiger partial charge in [-0.2, -0.15) is 0 Å². The summed E-state index contributed by atoms with van der Waals surface area (Å²) in [4.78, 5) is 43.5. The van der Waals surface area contributed by atoms with E-state index in [-0.39, 0.29) is 24.3 Å². The van der Waals surface area contributed by atoms with Gasteiger partial charge >= 0.3 is 12.1 Å². The molecule has 0 spiro atoms. The number of aromatic nitrogens is 1. The highest BCUT2D eigenvalue weighted by atomic mass is 32.1. The zero-order valence-corrected chi connectivity index (χ0v) is 16.3. The smallest absolute Gasteiger partial charge is 0.409 e. The maximum absolute atomic E-state index is 12.3. The molecule has 28 heavy (non-hydrogen) atoms. The van der Waals surface area contributed by atoms with Crippen LogP contribution < -0.4 is 0 Å². The van der Waals surface area contributed by atoms with E-state index in [1.165, 1.54) is 11.3 Å². The van der Waals surface area contributed by atoms with E-state index in [1.54, 1.807) is 22.1 Å². The molecule has 1 aliphatic rings. The fourth-order valence-electron chi connectivity index (χ4n) is 2.73. The van der Waals surface area contributed by atoms with Crippen molar-refractivity contribution in [2.24, 2.45) is 0 Å². The van der Waals surface area contributed by atoms with E-state index in [0.717, 1.165) is 5.56 Å². The van der Waals surface area contributed by atoms with Crippen LogP contribution in [0.4, 0.5) is 4.79 Å². The lowest BCUT2D eigenvalue weighted by Gasteiger charge is -2.33. The molecule has 148 valence electrons. The summed E-state index contributed by atoms with van der Waals surface area (Å²) in [6.45, 7) is 3.26. The third-order valence-electron chi connectivity index (χ3n) is 4.22. The van der Waals surface area contributed by atoms with E-state index in [1.807, 2.05) is 30.3 Å². The van der Waals surface area contributed by atoms with Crippen molar-refractivity contribution in [3.8, 4) is 10.6 Å². The molecule has 1 aliphatic heterocycles. The first-order valence-corrected chi connectivity index (χ1v) is 9.84. The zero-order valence-electron chi connectivity index (χ0n) is 15.5. The van der Waals surface area contributed by atoms with Crippen LogP contribution in [0.1, 0.15) is 17.4 Å². The molecule has 2 aromatic rings. The highest BCUT2D eigenvalue weighted by molar-refractivity contribution is 7.13. The molecule has 0 N–H and O–H groups in total. The number of amides is 2. The Hall–Kier alpha value is -2.94. The lowest BCUT2D eigenvalue weighted by Crippen LogP contribution is -2.51. The van der Waals surface area contributed by atoms with Gasteiger partial charge in [-0.25, -0.2) is 14.6 Å². The van der Waals surface area contributed by atoms with E-state index in [9.17, 15) is 14.4 Å². The summed E-state index contributed by atoms with van der Waals surface area (Å²) in [5, 5.41) is 2.33. The zero-order chi connectivity index (χ0) is 19.9. The van der Waals surface area contributed by atoms with Crippen molar-refractivity contribution < 1.29 is 23.9 Å². The summed E-state index contributed by atoms with van der Waals surface area (Å²) >= 11 is 1.34. The van der Waals surface area contributed by atoms with Crippen molar-refractivity contribution in [3.63, 3.8) is 0 Å². The number of esters is 1. The van der Waals surface area contributed by atoms with Crippen molar-refractivity contribution in [2.75, 3.05) is 39.4 Å². The van der Waals surface area contributed by atoms with E-state index >= 15 is 0 Å². The van der Waals surface area contributed by atoms with Gasteiger partial charge in [-0.1, -0.05) is 30.3 Å². The Labute approximate surface area is 166 Å². The van der Waals surface area contributed by atoms with Crippen molar-refractivity contribution in [2.45, 2.75) is 6.92 Å². The van der Waals surface area contributed by atoms with Gasteiger partial charge < -0.3 is 19.3 Å². The first-order chi connectivity index (χ1) is 13.6. The third kappa shape index (κ3) is 4.86. The summed E-state index contributed by atoms with van der Waals surface area (Å²) in [6.07, 6.45) is -0.376. The summed E-state index contributed by atoms with van der Waals surface area (Å²) in [6, 6.07) is 9.52. The van der Waals surface area contributed by atoms with Crippen LogP contribution in [0.3, 0.4) is 0 Å². The average Bonchev–Trinajstić information content (AvgIpc) is 3.23. The quantitative estimate of drug-likeness (QED) is 0.712. The molecule has 1 saturated heterocycles. The number of thiazole rings is 1. The van der Waals surface area contributed by atoms with Crippen LogP contribution in [0, 0.1) is 0 Å². The van der Waals surface area contributed by atoms with Gasteiger partial charge in [-0.3, -0.25) is 4.79 Å². The van der Waals surface area contributed by atoms with E-state index < -0.39 is 5.97 Å². The van der Waals surface area contributed by atoms with Gasteiger partial charge in [0.25, 0.3) is 5.91 Å². The van der Waals surface area contributed by atoms with Crippen LogP contribution in [-0.4, -0.2) is 72.1 Å². The van der Waals surface area contributed by atoms with Crippen LogP contribution in [0.25, 0.3) is 10.6 Å². The van der Waals surface area contributed by atoms with Crippen LogP contribution in [0.15, 0.2) is 35.7 Å². The minimum atomic E-state index is -0.628. The van der Waals surface area contributed by atoms with Gasteiger partial charge in [0.2, 0.25) is 0 Å². The molecular formula is C19H21N3O5S. The summed E-state index contributed by atoms with van der Waals surface area (Å²) in [5.41, 5.74) is 1.10. The van der Waals surface area contributed by atoms with Gasteiger partial charge in [0.1, 0.15) is 5.01 Å². The van der Waals surface area contributed by atoms with Crippen molar-refractivity contribution in [3.05, 3.63) is 41.4 Å². The Morgan fingerprint density at radius 1 is 1.04 bits per heavy atom. The molecule has 9 heteroatoms. The largest absolute Gasteiger partial charge is 0.451 e. The van der Waals surface area contributed by atoms with Crippen LogP contribution in [0.2, 0.25) is 0 Å². The summed E-state index contributed by atoms with van der Waals surface area (Å²) < 4.78 is 10.1. The monoisotopic (exact) mass is 403 g/mol. The predicted octanol–water partition coefficient (Wildman–Crippen LogP) is 2.27. The molecule has 0 aliphatic carbocycles. The highest BCUT2D eigenvalue weighted by Crippen LogP contribution is 2.23. The van der Waals surface area contributed by atoms with Crippen LogP contribution in [-0.2, 0) is 14.3 Å². The van der Waals surface area contributed by atoms with E-state index in [2.05, 4.69) is 4.98 Å². The molecule has 0 unspecified atom stereocenters. The predicted molar refractivity (Wildman–Crippen MR) is 103 cm³/mol. The summed E-state index contributed by atoms with van der Waals surface area (Å²) in [7, 11) is 0. The second-order valence-electron chi connectivity index (χ2n) is 6.05. The number of rotatable bonds is 5. The Balaban J connectivity index is 1.47. The summed E-state index contributed by atoms with van der Waals surface area (Å²) in [5.74, 6) is -0.924. The van der Waals surface area contributed by atoms with Crippen LogP contribution >= 0.6 is 11.3 Å². The van der Waals surface area contributed by atoms with Crippen molar-refractivity contribution in [1.29, 1.82) is 0 Å². The van der Waals surface area contributed by atoms with E-state index in [4.69, 9.17) is 9.47 Å². The highest BCUT2D eigenvalue weighted by Gasteiger charge is 2.25. The molecule has 0 radical (unpaired) electrons. The Bertz CT molecular complexity index is 831. The molecular weight excluding hydrogens is 382 g/mol. The third-order valence-corrected chi connectivity index (χ3v) is 5.11. The van der Waals surface area contributed by atoms with Crippen LogP contribution in [0.5, 0.6) is 0 Å². The number of ether oxygens (including phenoxy) is 2. The first-order valence-electron chi connectivity index (χ1n) is 8.96. The maximum atomic E-state index is 12.3. The minimum Gasteiger partial charge on any atom is -0.451 e. The molecule has 1 aromatic heterocycles. The van der Waals surface area contributed by atoms with E-state index in [0.29, 0.717) is 37.8 Å². The van der Waals surface area contributed by atoms with Gasteiger partial charge in [-0.05, 0) is 6.92 Å². The lowest BCUT2D eigenvalue weighted by molar-refractivity contribution is -0.136. The molecule has 1 fully saturated rings. The molecule has 3 rings (SSSR count). The Morgan fingerprint density at radius 2 is 1.71 bits per heavy atom. The van der Waals surface area contributed by atoms with Gasteiger partial charge in [0.05, 0.1) is 6.61 Å². The number of hydrogen-bond acceptors (Lipinski definition) is 7. The molecule has 8 nitrogen and oxygen atoms in total. The number of benzene rings is 1. The van der Waals surface area contributed by atoms with Crippen molar-refractivity contribution in [1.82, 2.24) is 14.8 Å². The molecule has 1 aromatic carbocycles. The topological polar surface area (TPSA) is 89.0 Å². The Kier molecular flexibility index (Phi) is 6.59. The number of hydrogen-bond donors (Lipinski definition) is 0. The number of piperazine rings is 1. The minimum absolute atomic E-state index is 0.184. The number of nitrogens with zero attached hydrogens (tertiary/aromatic N) is 3. The lowest BCUT2D eigenvalue weighted by atomic mass is 10.2. The second kappa shape index (κ2) is 9.32. The maximum Gasteiger partial charge on any atom is 0.409 e. The molecule has 2 amide bonds. The van der Waals surface area contributed by atoms with Gasteiger partial charge in [0, 0.05) is 37.1 Å². The number of carbonyl (C=O) groups excluding carboxylic acids is 3. The first kappa shape index (κ1) is 19.8. The van der Waals surface area contributed by atoms with Gasteiger partial charge in [0.15, 0.2) is 12.3 Å². The SMILES string of the molecule is CCOC(=O)N1CCN(C(=O)COC(=O)c2csc(-c3ccccc3)n2)CC1. The second-order valence-corrected chi connectivity index (χ2v) is 6.90. The molecule has 0 saturated carbocycles. The fourth-order valence-corrected chi connectivity index (χ4v) is 3.52. The van der Waals surface area contributed by atoms with Gasteiger partial charge in [-0.15, -0.1) is 11.3 Å². The molecule has 0 bridgehead atoms. The molecule has 0 atom stereocenters. The average molecular weight is 403 g/mol. The Morgan fingerprint density at radius 3 is 2.39 bits per heavy atom. The molecule has 2 heterocycles. The standard InChI is InChI=1S/C19H21N3O5S/c1-2-26-19(25)22-10-8-21(9-11-22)16(23)12-27-18(24)15-13-28-17(20-15)14-6-4-3-5-7-14/h3-7,13H,2,8-12H2,1H3. The van der Waals surface area contributed by atoms with Crippen molar-refractivity contribution >= 4 is 29.3 Å².